The summed E-state index contributed by atoms with van der Waals surface area (Å²) in [7, 11) is 0. The number of nitrogens with zero attached hydrogens (tertiary/aromatic N) is 5. The number of likely N-dealkylation sites (tertiary alicyclic amines) is 2. The lowest BCUT2D eigenvalue weighted by Gasteiger charge is -2.31. The summed E-state index contributed by atoms with van der Waals surface area (Å²) >= 11 is 0. The second kappa shape index (κ2) is 35.6. The highest BCUT2D eigenvalue weighted by atomic mass is 16.5. The van der Waals surface area contributed by atoms with Gasteiger partial charge in [0.25, 0.3) is 0 Å². The molecule has 0 spiro atoms. The van der Waals surface area contributed by atoms with Crippen molar-refractivity contribution in [2.24, 2.45) is 0 Å². The number of morpholine rings is 3. The molecule has 5 heterocycles. The van der Waals surface area contributed by atoms with Crippen LogP contribution in [0.15, 0.2) is 121 Å². The van der Waals surface area contributed by atoms with Crippen molar-refractivity contribution in [3.63, 3.8) is 0 Å². The number of piperidine rings is 2. The van der Waals surface area contributed by atoms with E-state index in [1.54, 1.807) is 24.3 Å². The molecule has 8 heteroatoms. The lowest BCUT2D eigenvalue weighted by atomic mass is 9.86. The first-order valence-corrected chi connectivity index (χ1v) is 31.7. The highest BCUT2D eigenvalue weighted by molar-refractivity contribution is 5.31. The Labute approximate surface area is 571 Å². The van der Waals surface area contributed by atoms with Crippen molar-refractivity contribution in [2.75, 3.05) is 91.6 Å². The van der Waals surface area contributed by atoms with E-state index in [1.807, 2.05) is 70.7 Å². The molecule has 2 unspecified atom stereocenters. The molecule has 5 aromatic rings. The molecule has 88 heavy (non-hydrogen) atoms. The molecule has 10 rings (SSSR count). The molecule has 0 amide bonds. The molecule has 5 aromatic carbocycles. The smallest absolute Gasteiger partial charge is 0.0674 e. The lowest BCUT2D eigenvalue weighted by Crippen LogP contribution is -2.40. The van der Waals surface area contributed by atoms with Crippen LogP contribution in [0.2, 0.25) is 0 Å². The fraction of sp³-hybridized carbons (Fsp3) is 0.625. The molecule has 2 atom stereocenters. The van der Waals surface area contributed by atoms with E-state index >= 15 is 0 Å². The van der Waals surface area contributed by atoms with Crippen molar-refractivity contribution in [2.45, 2.75) is 236 Å². The van der Waals surface area contributed by atoms with Crippen LogP contribution in [0.25, 0.3) is 0 Å². The number of rotatable bonds is 10. The normalized spacial score (nSPS) is 28.7. The van der Waals surface area contributed by atoms with Gasteiger partial charge in [0, 0.05) is 88.2 Å². The molecule has 0 aromatic heterocycles. The van der Waals surface area contributed by atoms with E-state index in [0.29, 0.717) is 36.4 Å². The average Bonchev–Trinajstić information content (AvgIpc) is 0.699. The third-order valence-corrected chi connectivity index (χ3v) is 15.4. The zero-order valence-corrected chi connectivity index (χ0v) is 56.2. The Morgan fingerprint density at radius 1 is 0.386 bits per heavy atom. The zero-order chi connectivity index (χ0) is 82.9. The summed E-state index contributed by atoms with van der Waals surface area (Å²) in [6, 6.07) is 31.1. The van der Waals surface area contributed by atoms with Crippen LogP contribution in [0.4, 0.5) is 0 Å². The second-order valence-electron chi connectivity index (χ2n) is 28.5. The van der Waals surface area contributed by atoms with E-state index in [1.165, 1.54) is 67.6 Å². The number of hydrogen-bond donors (Lipinski definition) is 0. The van der Waals surface area contributed by atoms with Crippen LogP contribution in [0.3, 0.4) is 0 Å². The standard InChI is InChI=1S/2C16H25NO.2C16H25N.C15H23NO.CH4/c2*1-13-11-17(9-10-18-13)12-14-5-7-15(8-6-14)16(2,3)4;2*1-16(2,3)15-9-7-14(8-10-15)13-17-11-5-4-6-12-17;1-15(2,3)14-6-4-13(5-7-14)12-16-8-10-17-11-9-16;/h2*5-8,13H,9-12H2,1-4H3;2*7-10H,4-6,11-13H2,1-3H3;4-7H,8-12H2,1-3H3;1H4/i9D2,10D2,11D2,12D2,13D;9D2,10D2,11D2,13D;13D2;;4D,5D,6D,7D;. The highest BCUT2D eigenvalue weighted by Crippen LogP contribution is 2.28. The van der Waals surface area contributed by atoms with Gasteiger partial charge in [-0.1, -0.05) is 245 Å². The van der Waals surface area contributed by atoms with E-state index in [0.717, 1.165) is 81.0 Å². The van der Waals surface area contributed by atoms with Gasteiger partial charge >= 0.3 is 0 Å². The van der Waals surface area contributed by atoms with Crippen LogP contribution in [-0.4, -0.2) is 128 Å². The lowest BCUT2D eigenvalue weighted by molar-refractivity contribution is -0.0213. The molecule has 0 saturated carbocycles. The first-order chi connectivity index (χ1) is 49.4. The minimum absolute atomic E-state index is 0. The van der Waals surface area contributed by atoms with E-state index in [9.17, 15) is 0 Å². The topological polar surface area (TPSA) is 43.9 Å². The van der Waals surface area contributed by atoms with Crippen molar-refractivity contribution >= 4 is 0 Å². The van der Waals surface area contributed by atoms with E-state index in [2.05, 4.69) is 109 Å². The minimum atomic E-state index is -3.18. The van der Waals surface area contributed by atoms with Crippen molar-refractivity contribution < 1.29 is 44.4 Å². The van der Waals surface area contributed by atoms with E-state index < -0.39 is 69.7 Å². The van der Waals surface area contributed by atoms with Crippen LogP contribution >= 0.6 is 0 Å². The third kappa shape index (κ3) is 27.3. The highest BCUT2D eigenvalue weighted by Gasteiger charge is 2.22. The van der Waals surface area contributed by atoms with Gasteiger partial charge in [0.05, 0.1) is 52.2 Å². The summed E-state index contributed by atoms with van der Waals surface area (Å²) in [6.07, 6.45) is 2.82. The van der Waals surface area contributed by atoms with Crippen molar-refractivity contribution in [3.8, 4) is 0 Å². The average molecular weight is 1230 g/mol. The van der Waals surface area contributed by atoms with Gasteiger partial charge in [-0.05, 0) is 148 Å². The Kier molecular flexibility index (Phi) is 19.2. The molecule has 0 N–H and O–H groups in total. The molecule has 5 saturated heterocycles. The van der Waals surface area contributed by atoms with Crippen LogP contribution in [0.1, 0.15) is 249 Å². The maximum Gasteiger partial charge on any atom is 0.0674 e. The molecule has 0 bridgehead atoms. The Morgan fingerprint density at radius 3 is 1.08 bits per heavy atom. The molecule has 0 aliphatic carbocycles. The summed E-state index contributed by atoms with van der Waals surface area (Å²) in [6.45, 7) is 20.4. The molecule has 8 nitrogen and oxygen atoms in total. The number of hydrogen-bond acceptors (Lipinski definition) is 8. The van der Waals surface area contributed by atoms with E-state index in [4.69, 9.17) is 44.4 Å². The van der Waals surface area contributed by atoms with Gasteiger partial charge in [-0.3, -0.25) is 24.5 Å². The maximum atomic E-state index is 8.46. The first kappa shape index (κ1) is 47.6. The summed E-state index contributed by atoms with van der Waals surface area (Å²) in [5.74, 6) is 0. The molecule has 490 valence electrons. The summed E-state index contributed by atoms with van der Waals surface area (Å²) in [4.78, 5) is 7.54. The first-order valence-electron chi connectivity index (χ1n) is 42.7. The largest absolute Gasteiger partial charge is 0.379 e. The van der Waals surface area contributed by atoms with Gasteiger partial charge < -0.3 is 14.2 Å². The van der Waals surface area contributed by atoms with Crippen molar-refractivity contribution in [1.82, 2.24) is 24.5 Å². The van der Waals surface area contributed by atoms with Gasteiger partial charge in [-0.25, -0.2) is 0 Å². The predicted molar refractivity (Wildman–Crippen MR) is 378 cm³/mol. The Hall–Kier alpha value is -4.22. The van der Waals surface area contributed by atoms with Crippen molar-refractivity contribution in [3.05, 3.63) is 177 Å². The maximum absolute atomic E-state index is 8.46. The fourth-order valence-corrected chi connectivity index (χ4v) is 9.84. The molecular weight excluding hydrogens is 1080 g/mol. The quantitative estimate of drug-likeness (QED) is 0.137. The molecular formula is C80H127N5O3. The summed E-state index contributed by atoms with van der Waals surface area (Å²) in [5, 5.41) is 0. The van der Waals surface area contributed by atoms with Gasteiger partial charge in [0.15, 0.2) is 0 Å². The van der Waals surface area contributed by atoms with Gasteiger partial charge in [-0.15, -0.1) is 0 Å². The van der Waals surface area contributed by atoms with Crippen LogP contribution < -0.4 is 0 Å². The van der Waals surface area contributed by atoms with Crippen LogP contribution in [0, 0.1) is 0 Å². The van der Waals surface area contributed by atoms with Crippen LogP contribution in [-0.2, 0) is 73.9 Å². The Balaban J connectivity index is 0.000000248. The predicted octanol–water partition coefficient (Wildman–Crippen LogP) is 17.8. The van der Waals surface area contributed by atoms with Gasteiger partial charge in [0.2, 0.25) is 0 Å². The van der Waals surface area contributed by atoms with E-state index in [-0.39, 0.29) is 70.3 Å². The van der Waals surface area contributed by atoms with Crippen LogP contribution in [0.5, 0.6) is 0 Å². The summed E-state index contributed by atoms with van der Waals surface area (Å²) in [5.41, 5.74) is 8.24. The summed E-state index contributed by atoms with van der Waals surface area (Å²) < 4.78 is 194. The monoisotopic (exact) mass is 1230 g/mol. The molecule has 5 aliphatic heterocycles. The van der Waals surface area contributed by atoms with Gasteiger partial charge in [0.1, 0.15) is 0 Å². The molecule has 0 radical (unpaired) electrons. The second-order valence-corrected chi connectivity index (χ2v) is 28.5. The minimum Gasteiger partial charge on any atom is -0.379 e. The van der Waals surface area contributed by atoms with Crippen molar-refractivity contribution in [1.29, 1.82) is 0 Å². The number of ether oxygens (including phenoxy) is 3. The van der Waals surface area contributed by atoms with Gasteiger partial charge in [-0.2, -0.15) is 0 Å². The SMILES string of the molecule is C.CC(C)(C)c1ccc(CN2CCCCC2)cc1.[2H]C([2H])(c1ccc(C(C)(C)C)cc1)N1C([2H])([2H])C([2H])([2H])OC([2H])(C)C1([2H])[2H].[2H]C([2H])(c1ccc(C(C)(C)C)cc1)N1CCCCC1.[2H]C1([2H])OC([2H])(C)C([2H])([2H])N(Cc2ccc(C(C)(C)C)cc2)C1([2H])[2H].[2H]c1c([2H])c(C(C)(C)C)c([2H])c([2H])c1CN1CCOCC1. The molecule has 5 fully saturated rings. The third-order valence-electron chi connectivity index (χ3n) is 15.4. The zero-order valence-electron chi connectivity index (χ0n) is 78.2. The fourth-order valence-electron chi connectivity index (χ4n) is 9.84. The molecule has 5 aliphatic rings. The Bertz CT molecular complexity index is 3690. The number of benzene rings is 5. The Morgan fingerprint density at radius 2 is 0.693 bits per heavy atom.